The highest BCUT2D eigenvalue weighted by Crippen LogP contribution is 2.36. The van der Waals surface area contributed by atoms with Crippen LogP contribution in [-0.4, -0.2) is 50.2 Å². The summed E-state index contributed by atoms with van der Waals surface area (Å²) in [6.45, 7) is 4.68. The number of nitrogens with zero attached hydrogens (tertiary/aromatic N) is 3. The molecule has 0 bridgehead atoms. The SMILES string of the molecule is CC/C(=N\NC(=O)C(c1ccc(N(C)C)cc1)N1CCc2sc(OC(C)=O)cc2C1)c1ccc(OC)cc1. The van der Waals surface area contributed by atoms with Crippen LogP contribution in [0.3, 0.4) is 0 Å². The van der Waals surface area contributed by atoms with Gasteiger partial charge in [0.2, 0.25) is 0 Å². The Morgan fingerprint density at radius 3 is 2.45 bits per heavy atom. The molecule has 1 unspecified atom stereocenters. The van der Waals surface area contributed by atoms with Crippen LogP contribution >= 0.6 is 11.3 Å². The predicted octanol–water partition coefficient (Wildman–Crippen LogP) is 4.78. The van der Waals surface area contributed by atoms with Gasteiger partial charge in [-0.1, -0.05) is 19.1 Å². The summed E-state index contributed by atoms with van der Waals surface area (Å²) in [6.07, 6.45) is 1.44. The van der Waals surface area contributed by atoms with Crippen molar-refractivity contribution in [2.24, 2.45) is 5.10 Å². The molecular weight excluding hydrogens is 500 g/mol. The Bertz CT molecular complexity index is 1300. The molecule has 4 rings (SSSR count). The zero-order valence-electron chi connectivity index (χ0n) is 22.5. The number of carbonyl (C=O) groups excluding carboxylic acids is 2. The Kier molecular flexibility index (Phi) is 8.81. The zero-order chi connectivity index (χ0) is 27.2. The van der Waals surface area contributed by atoms with Gasteiger partial charge in [0.1, 0.15) is 11.8 Å². The molecular formula is C29H34N4O4S. The third kappa shape index (κ3) is 6.41. The highest BCUT2D eigenvalue weighted by molar-refractivity contribution is 7.14. The highest BCUT2D eigenvalue weighted by Gasteiger charge is 2.32. The largest absolute Gasteiger partial charge is 0.497 e. The fourth-order valence-electron chi connectivity index (χ4n) is 4.54. The fourth-order valence-corrected chi connectivity index (χ4v) is 5.59. The van der Waals surface area contributed by atoms with Crippen molar-refractivity contribution in [3.05, 3.63) is 76.2 Å². The summed E-state index contributed by atoms with van der Waals surface area (Å²) in [7, 11) is 5.61. The first-order chi connectivity index (χ1) is 18.3. The monoisotopic (exact) mass is 534 g/mol. The van der Waals surface area contributed by atoms with Crippen LogP contribution < -0.4 is 19.8 Å². The number of amides is 1. The van der Waals surface area contributed by atoms with Crippen LogP contribution in [-0.2, 0) is 22.6 Å². The van der Waals surface area contributed by atoms with E-state index in [1.54, 1.807) is 7.11 Å². The molecule has 0 saturated heterocycles. The molecule has 200 valence electrons. The van der Waals surface area contributed by atoms with Gasteiger partial charge in [0.15, 0.2) is 5.06 Å². The molecule has 2 heterocycles. The van der Waals surface area contributed by atoms with Gasteiger partial charge < -0.3 is 14.4 Å². The number of nitrogens with one attached hydrogen (secondary N) is 1. The van der Waals surface area contributed by atoms with Crippen molar-refractivity contribution >= 4 is 34.6 Å². The van der Waals surface area contributed by atoms with E-state index in [9.17, 15) is 9.59 Å². The van der Waals surface area contributed by atoms with Crippen molar-refractivity contribution in [3.8, 4) is 10.8 Å². The lowest BCUT2D eigenvalue weighted by Crippen LogP contribution is -2.41. The molecule has 1 aromatic heterocycles. The van der Waals surface area contributed by atoms with Gasteiger partial charge in [-0.15, -0.1) is 11.3 Å². The van der Waals surface area contributed by atoms with E-state index in [1.807, 2.05) is 80.5 Å². The first-order valence-electron chi connectivity index (χ1n) is 12.6. The number of esters is 1. The third-order valence-corrected chi connectivity index (χ3v) is 7.63. The van der Waals surface area contributed by atoms with Crippen molar-refractivity contribution in [1.29, 1.82) is 0 Å². The summed E-state index contributed by atoms with van der Waals surface area (Å²) in [4.78, 5) is 30.5. The number of hydrogen-bond acceptors (Lipinski definition) is 8. The number of hydrazone groups is 1. The van der Waals surface area contributed by atoms with Gasteiger partial charge in [0.25, 0.3) is 5.91 Å². The number of benzene rings is 2. The Labute approximate surface area is 227 Å². The molecule has 0 saturated carbocycles. The van der Waals surface area contributed by atoms with E-state index in [4.69, 9.17) is 9.47 Å². The van der Waals surface area contributed by atoms with E-state index < -0.39 is 6.04 Å². The first kappa shape index (κ1) is 27.3. The number of carbonyl (C=O) groups is 2. The van der Waals surface area contributed by atoms with Crippen LogP contribution in [0.15, 0.2) is 59.7 Å². The van der Waals surface area contributed by atoms with Gasteiger partial charge in [-0.3, -0.25) is 14.5 Å². The van der Waals surface area contributed by atoms with Crippen LogP contribution in [0.25, 0.3) is 0 Å². The maximum atomic E-state index is 13.7. The lowest BCUT2D eigenvalue weighted by atomic mass is 10.00. The number of anilines is 1. The molecule has 1 aliphatic heterocycles. The molecule has 0 spiro atoms. The third-order valence-electron chi connectivity index (χ3n) is 6.52. The molecule has 9 heteroatoms. The molecule has 0 fully saturated rings. The minimum Gasteiger partial charge on any atom is -0.497 e. The van der Waals surface area contributed by atoms with E-state index in [-0.39, 0.29) is 11.9 Å². The average Bonchev–Trinajstić information content (AvgIpc) is 3.30. The predicted molar refractivity (Wildman–Crippen MR) is 151 cm³/mol. The maximum Gasteiger partial charge on any atom is 0.308 e. The van der Waals surface area contributed by atoms with Crippen molar-refractivity contribution in [2.75, 3.05) is 32.6 Å². The van der Waals surface area contributed by atoms with Crippen molar-refractivity contribution in [3.63, 3.8) is 0 Å². The average molecular weight is 535 g/mol. The van der Waals surface area contributed by atoms with E-state index in [0.29, 0.717) is 24.6 Å². The topological polar surface area (TPSA) is 83.5 Å². The van der Waals surface area contributed by atoms with Gasteiger partial charge in [-0.05, 0) is 72.0 Å². The molecule has 1 aliphatic rings. The van der Waals surface area contributed by atoms with E-state index in [0.717, 1.165) is 40.3 Å². The number of fused-ring (bicyclic) bond motifs is 1. The molecule has 1 amide bonds. The summed E-state index contributed by atoms with van der Waals surface area (Å²) < 4.78 is 10.6. The molecule has 0 aliphatic carbocycles. The smallest absolute Gasteiger partial charge is 0.308 e. The minimum absolute atomic E-state index is 0.194. The molecule has 2 aromatic carbocycles. The lowest BCUT2D eigenvalue weighted by Gasteiger charge is -2.33. The molecule has 1 atom stereocenters. The second-order valence-corrected chi connectivity index (χ2v) is 10.4. The number of methoxy groups -OCH3 is 1. The Morgan fingerprint density at radius 1 is 1.13 bits per heavy atom. The van der Waals surface area contributed by atoms with Crippen molar-refractivity contribution in [2.45, 2.75) is 39.3 Å². The van der Waals surface area contributed by atoms with E-state index >= 15 is 0 Å². The number of ether oxygens (including phenoxy) is 2. The van der Waals surface area contributed by atoms with Crippen LogP contribution in [0, 0.1) is 0 Å². The number of hydrogen-bond donors (Lipinski definition) is 1. The highest BCUT2D eigenvalue weighted by atomic mass is 32.1. The zero-order valence-corrected chi connectivity index (χ0v) is 23.3. The van der Waals surface area contributed by atoms with Crippen LogP contribution in [0.2, 0.25) is 0 Å². The Balaban J connectivity index is 1.60. The van der Waals surface area contributed by atoms with Crippen LogP contribution in [0.1, 0.15) is 47.9 Å². The molecule has 38 heavy (non-hydrogen) atoms. The summed E-state index contributed by atoms with van der Waals surface area (Å²) in [6, 6.07) is 17.1. The normalized spacial score (nSPS) is 14.4. The lowest BCUT2D eigenvalue weighted by molar-refractivity contribution is -0.131. The number of rotatable bonds is 9. The Hall–Kier alpha value is -3.69. The standard InChI is InChI=1S/C29H34N4O4S/c1-6-25(20-9-13-24(36-5)14-10-20)30-31-29(35)28(21-7-11-23(12-8-21)32(3)4)33-16-15-26-22(18-33)17-27(38-26)37-19(2)34/h7-14,17,28H,6,15-16,18H2,1-5H3,(H,31,35)/b30-25+. The van der Waals surface area contributed by atoms with Gasteiger partial charge in [-0.25, -0.2) is 5.43 Å². The summed E-state index contributed by atoms with van der Waals surface area (Å²) in [5.74, 6) is 0.241. The van der Waals surface area contributed by atoms with Gasteiger partial charge >= 0.3 is 5.97 Å². The van der Waals surface area contributed by atoms with Crippen LogP contribution in [0.4, 0.5) is 5.69 Å². The van der Waals surface area contributed by atoms with Gasteiger partial charge in [-0.2, -0.15) is 5.10 Å². The summed E-state index contributed by atoms with van der Waals surface area (Å²) in [5, 5.41) is 5.12. The fraction of sp³-hybridized carbons (Fsp3) is 0.345. The van der Waals surface area contributed by atoms with Crippen LogP contribution in [0.5, 0.6) is 10.8 Å². The summed E-state index contributed by atoms with van der Waals surface area (Å²) in [5.41, 5.74) is 7.59. The van der Waals surface area contributed by atoms with Gasteiger partial charge in [0.05, 0.1) is 12.8 Å². The van der Waals surface area contributed by atoms with E-state index in [1.165, 1.54) is 23.1 Å². The quantitative estimate of drug-likeness (QED) is 0.242. The van der Waals surface area contributed by atoms with Crippen molar-refractivity contribution < 1.29 is 19.1 Å². The molecule has 0 radical (unpaired) electrons. The minimum atomic E-state index is -0.533. The molecule has 3 aromatic rings. The van der Waals surface area contributed by atoms with E-state index in [2.05, 4.69) is 15.4 Å². The van der Waals surface area contributed by atoms with Gasteiger partial charge in [0, 0.05) is 44.7 Å². The molecule has 8 nitrogen and oxygen atoms in total. The maximum absolute atomic E-state index is 13.7. The first-order valence-corrected chi connectivity index (χ1v) is 13.4. The molecule has 1 N–H and O–H groups in total. The Morgan fingerprint density at radius 2 is 1.84 bits per heavy atom. The van der Waals surface area contributed by atoms with Crippen molar-refractivity contribution in [1.82, 2.24) is 10.3 Å². The second-order valence-electron chi connectivity index (χ2n) is 9.33. The second kappa shape index (κ2) is 12.2. The summed E-state index contributed by atoms with van der Waals surface area (Å²) >= 11 is 1.50. The number of thiophene rings is 1.